The van der Waals surface area contributed by atoms with E-state index >= 15 is 0 Å². The summed E-state index contributed by atoms with van der Waals surface area (Å²) in [7, 11) is 0. The highest BCUT2D eigenvalue weighted by atomic mass is 32.2. The largest absolute Gasteiger partial charge is 0.491 e. The van der Waals surface area contributed by atoms with Gasteiger partial charge in [0.2, 0.25) is 0 Å². The van der Waals surface area contributed by atoms with Gasteiger partial charge in [0, 0.05) is 10.6 Å². The number of nitriles is 1. The Kier molecular flexibility index (Phi) is 5.71. The Labute approximate surface area is 130 Å². The van der Waals surface area contributed by atoms with Crippen molar-refractivity contribution in [3.05, 3.63) is 59.7 Å². The Balaban J connectivity index is 1.81. The number of ether oxygens (including phenoxy) is 1. The Bertz CT molecular complexity index is 614. The molecule has 108 valence electrons. The Morgan fingerprint density at radius 1 is 1.10 bits per heavy atom. The fraction of sp³-hybridized carbons (Fsp3) is 0.278. The lowest BCUT2D eigenvalue weighted by atomic mass is 10.0. The lowest BCUT2D eigenvalue weighted by Crippen LogP contribution is -2.01. The van der Waals surface area contributed by atoms with Crippen molar-refractivity contribution in [3.8, 4) is 11.8 Å². The first kappa shape index (κ1) is 15.5. The molecule has 2 nitrogen and oxygen atoms in total. The van der Waals surface area contributed by atoms with E-state index in [-0.39, 0.29) is 0 Å². The minimum Gasteiger partial charge on any atom is -0.491 e. The molecule has 2 aromatic rings. The van der Waals surface area contributed by atoms with Gasteiger partial charge in [-0.05, 0) is 35.7 Å². The van der Waals surface area contributed by atoms with Crippen molar-refractivity contribution in [1.29, 1.82) is 5.26 Å². The topological polar surface area (TPSA) is 33.0 Å². The maximum absolute atomic E-state index is 8.99. The second-order valence-electron chi connectivity index (χ2n) is 5.03. The highest BCUT2D eigenvalue weighted by Gasteiger charge is 2.02. The van der Waals surface area contributed by atoms with E-state index < -0.39 is 0 Å². The van der Waals surface area contributed by atoms with Gasteiger partial charge in [-0.15, -0.1) is 11.8 Å². The van der Waals surface area contributed by atoms with Crippen LogP contribution in [0.3, 0.4) is 0 Å². The van der Waals surface area contributed by atoms with Gasteiger partial charge < -0.3 is 4.74 Å². The van der Waals surface area contributed by atoms with Crippen molar-refractivity contribution in [2.24, 2.45) is 0 Å². The standard InChI is InChI=1S/C18H19NOS/c1-14(2)15-7-9-17(10-8-15)21-12-11-20-18-6-4-3-5-16(18)13-19/h3-10,14H,11-12H2,1-2H3. The molecule has 0 saturated heterocycles. The molecular weight excluding hydrogens is 278 g/mol. The van der Waals surface area contributed by atoms with E-state index in [0.29, 0.717) is 23.8 Å². The summed E-state index contributed by atoms with van der Waals surface area (Å²) in [6, 6.07) is 18.1. The van der Waals surface area contributed by atoms with Crippen LogP contribution in [0.25, 0.3) is 0 Å². The zero-order valence-corrected chi connectivity index (χ0v) is 13.2. The van der Waals surface area contributed by atoms with Crippen molar-refractivity contribution in [2.75, 3.05) is 12.4 Å². The summed E-state index contributed by atoms with van der Waals surface area (Å²) in [5.41, 5.74) is 1.95. The molecule has 0 unspecified atom stereocenters. The summed E-state index contributed by atoms with van der Waals surface area (Å²) < 4.78 is 5.67. The second-order valence-corrected chi connectivity index (χ2v) is 6.20. The first-order valence-corrected chi connectivity index (χ1v) is 8.04. The Morgan fingerprint density at radius 3 is 2.48 bits per heavy atom. The third-order valence-electron chi connectivity index (χ3n) is 3.16. The minimum atomic E-state index is 0.565. The summed E-state index contributed by atoms with van der Waals surface area (Å²) in [6.45, 7) is 4.99. The quantitative estimate of drug-likeness (QED) is 0.564. The van der Waals surface area contributed by atoms with Gasteiger partial charge in [0.1, 0.15) is 11.8 Å². The molecule has 0 heterocycles. The second kappa shape index (κ2) is 7.75. The van der Waals surface area contributed by atoms with Gasteiger partial charge >= 0.3 is 0 Å². The summed E-state index contributed by atoms with van der Waals surface area (Å²) in [6.07, 6.45) is 0. The zero-order chi connectivity index (χ0) is 15.1. The molecule has 0 atom stereocenters. The summed E-state index contributed by atoms with van der Waals surface area (Å²) in [5.74, 6) is 2.09. The van der Waals surface area contributed by atoms with E-state index in [2.05, 4.69) is 44.2 Å². The minimum absolute atomic E-state index is 0.565. The van der Waals surface area contributed by atoms with Gasteiger partial charge in [0.25, 0.3) is 0 Å². The molecule has 0 radical (unpaired) electrons. The molecule has 0 saturated carbocycles. The van der Waals surface area contributed by atoms with Crippen molar-refractivity contribution in [3.63, 3.8) is 0 Å². The maximum atomic E-state index is 8.99. The number of thioether (sulfide) groups is 1. The molecule has 0 aliphatic heterocycles. The molecule has 0 fully saturated rings. The first-order chi connectivity index (χ1) is 10.2. The average Bonchev–Trinajstić information content (AvgIpc) is 2.52. The van der Waals surface area contributed by atoms with Crippen LogP contribution in [-0.4, -0.2) is 12.4 Å². The molecule has 2 rings (SSSR count). The monoisotopic (exact) mass is 297 g/mol. The number of hydrogen-bond donors (Lipinski definition) is 0. The molecule has 0 aliphatic rings. The van der Waals surface area contributed by atoms with Crippen molar-refractivity contribution < 1.29 is 4.74 Å². The van der Waals surface area contributed by atoms with Crippen LogP contribution in [0.4, 0.5) is 0 Å². The van der Waals surface area contributed by atoms with Crippen LogP contribution in [0.1, 0.15) is 30.9 Å². The predicted molar refractivity (Wildman–Crippen MR) is 87.9 cm³/mol. The van der Waals surface area contributed by atoms with E-state index in [1.54, 1.807) is 17.8 Å². The zero-order valence-electron chi connectivity index (χ0n) is 12.4. The highest BCUT2D eigenvalue weighted by Crippen LogP contribution is 2.22. The van der Waals surface area contributed by atoms with Gasteiger partial charge in [0.15, 0.2) is 0 Å². The van der Waals surface area contributed by atoms with Crippen LogP contribution in [-0.2, 0) is 0 Å². The smallest absolute Gasteiger partial charge is 0.137 e. The van der Waals surface area contributed by atoms with Gasteiger partial charge in [-0.3, -0.25) is 0 Å². The number of nitrogens with zero attached hydrogens (tertiary/aromatic N) is 1. The molecular formula is C18H19NOS. The molecule has 0 amide bonds. The lowest BCUT2D eigenvalue weighted by Gasteiger charge is -2.08. The van der Waals surface area contributed by atoms with Crippen LogP contribution in [0.5, 0.6) is 5.75 Å². The van der Waals surface area contributed by atoms with Crippen LogP contribution < -0.4 is 4.74 Å². The highest BCUT2D eigenvalue weighted by molar-refractivity contribution is 7.99. The predicted octanol–water partition coefficient (Wildman–Crippen LogP) is 4.85. The van der Waals surface area contributed by atoms with E-state index in [1.165, 1.54) is 10.5 Å². The fourth-order valence-electron chi connectivity index (χ4n) is 1.94. The Hall–Kier alpha value is -1.92. The van der Waals surface area contributed by atoms with E-state index in [0.717, 1.165) is 5.75 Å². The summed E-state index contributed by atoms with van der Waals surface area (Å²) in [4.78, 5) is 1.25. The van der Waals surface area contributed by atoms with Gasteiger partial charge in [0.05, 0.1) is 12.2 Å². The van der Waals surface area contributed by atoms with Crippen LogP contribution in [0.15, 0.2) is 53.4 Å². The maximum Gasteiger partial charge on any atom is 0.137 e. The van der Waals surface area contributed by atoms with E-state index in [1.807, 2.05) is 18.2 Å². The number of rotatable bonds is 6. The van der Waals surface area contributed by atoms with E-state index in [9.17, 15) is 0 Å². The van der Waals surface area contributed by atoms with Crippen molar-refractivity contribution in [1.82, 2.24) is 0 Å². The first-order valence-electron chi connectivity index (χ1n) is 7.05. The number of hydrogen-bond acceptors (Lipinski definition) is 3. The summed E-state index contributed by atoms with van der Waals surface area (Å²) >= 11 is 1.77. The third kappa shape index (κ3) is 4.54. The third-order valence-corrected chi connectivity index (χ3v) is 4.14. The Morgan fingerprint density at radius 2 is 1.81 bits per heavy atom. The summed E-state index contributed by atoms with van der Waals surface area (Å²) in [5, 5.41) is 8.99. The molecule has 21 heavy (non-hydrogen) atoms. The van der Waals surface area contributed by atoms with Crippen LogP contribution >= 0.6 is 11.8 Å². The SMILES string of the molecule is CC(C)c1ccc(SCCOc2ccccc2C#N)cc1. The lowest BCUT2D eigenvalue weighted by molar-refractivity contribution is 0.343. The molecule has 0 spiro atoms. The molecule has 2 aromatic carbocycles. The molecule has 0 aromatic heterocycles. The van der Waals surface area contributed by atoms with E-state index in [4.69, 9.17) is 10.00 Å². The number of para-hydroxylation sites is 1. The van der Waals surface area contributed by atoms with Crippen molar-refractivity contribution in [2.45, 2.75) is 24.7 Å². The normalized spacial score (nSPS) is 10.4. The van der Waals surface area contributed by atoms with Crippen LogP contribution in [0, 0.1) is 11.3 Å². The van der Waals surface area contributed by atoms with Crippen molar-refractivity contribution >= 4 is 11.8 Å². The van der Waals surface area contributed by atoms with Gasteiger partial charge in [-0.2, -0.15) is 5.26 Å². The number of benzene rings is 2. The fourth-order valence-corrected chi connectivity index (χ4v) is 2.68. The molecule has 0 N–H and O–H groups in total. The van der Waals surface area contributed by atoms with Crippen LogP contribution in [0.2, 0.25) is 0 Å². The van der Waals surface area contributed by atoms with Gasteiger partial charge in [-0.25, -0.2) is 0 Å². The molecule has 3 heteroatoms. The van der Waals surface area contributed by atoms with Gasteiger partial charge in [-0.1, -0.05) is 38.1 Å². The molecule has 0 aliphatic carbocycles. The average molecular weight is 297 g/mol. The molecule has 0 bridgehead atoms.